The molecule has 1 aromatic heterocycles. The van der Waals surface area contributed by atoms with Crippen molar-refractivity contribution >= 4 is 11.4 Å². The Morgan fingerprint density at radius 1 is 1.50 bits per heavy atom. The van der Waals surface area contributed by atoms with Crippen LogP contribution in [0, 0.1) is 21.4 Å². The Labute approximate surface area is 139 Å². The molecule has 8 nitrogen and oxygen atoms in total. The first kappa shape index (κ1) is 15.9. The van der Waals surface area contributed by atoms with E-state index >= 15 is 0 Å². The highest BCUT2D eigenvalue weighted by Gasteiger charge is 2.28. The van der Waals surface area contributed by atoms with Crippen LogP contribution in [0.5, 0.6) is 0 Å². The minimum Gasteiger partial charge on any atom is -0.365 e. The van der Waals surface area contributed by atoms with Gasteiger partial charge < -0.3 is 9.47 Å². The molecule has 0 aliphatic carbocycles. The van der Waals surface area contributed by atoms with Crippen molar-refractivity contribution < 1.29 is 4.92 Å². The average molecular weight is 326 g/mol. The van der Waals surface area contributed by atoms with Crippen LogP contribution in [-0.2, 0) is 6.54 Å². The standard InChI is InChI=1S/C16H18N6O2/c1-2-20-11-18-19-16(20)13-4-3-7-21(10-13)14-6-5-12(9-17)8-15(14)22(23)24/h5-6,8,11,13H,2-4,7,10H2,1H3. The molecular weight excluding hydrogens is 308 g/mol. The maximum Gasteiger partial charge on any atom is 0.293 e. The van der Waals surface area contributed by atoms with Gasteiger partial charge in [0.2, 0.25) is 0 Å². The molecule has 24 heavy (non-hydrogen) atoms. The van der Waals surface area contributed by atoms with Crippen LogP contribution >= 0.6 is 0 Å². The van der Waals surface area contributed by atoms with Crippen LogP contribution in [0.25, 0.3) is 0 Å². The second-order valence-electron chi connectivity index (χ2n) is 5.83. The predicted octanol–water partition coefficient (Wildman–Crippen LogP) is 2.46. The number of nitro groups is 1. The molecule has 1 saturated heterocycles. The van der Waals surface area contributed by atoms with Gasteiger partial charge in [0.25, 0.3) is 5.69 Å². The van der Waals surface area contributed by atoms with Crippen molar-refractivity contribution in [1.82, 2.24) is 14.8 Å². The third-order valence-electron chi connectivity index (χ3n) is 4.41. The smallest absolute Gasteiger partial charge is 0.293 e. The maximum absolute atomic E-state index is 11.4. The summed E-state index contributed by atoms with van der Waals surface area (Å²) in [4.78, 5) is 13.0. The van der Waals surface area contributed by atoms with Gasteiger partial charge in [-0.25, -0.2) is 0 Å². The normalized spacial score (nSPS) is 17.5. The predicted molar refractivity (Wildman–Crippen MR) is 87.7 cm³/mol. The highest BCUT2D eigenvalue weighted by molar-refractivity contribution is 5.66. The molecule has 0 spiro atoms. The molecule has 0 bridgehead atoms. The van der Waals surface area contributed by atoms with E-state index in [-0.39, 0.29) is 11.6 Å². The fourth-order valence-electron chi connectivity index (χ4n) is 3.24. The number of aromatic nitrogens is 3. The van der Waals surface area contributed by atoms with E-state index in [9.17, 15) is 10.1 Å². The van der Waals surface area contributed by atoms with E-state index in [0.29, 0.717) is 17.8 Å². The average Bonchev–Trinajstić information content (AvgIpc) is 3.10. The number of hydrogen-bond acceptors (Lipinski definition) is 6. The minimum atomic E-state index is -0.422. The summed E-state index contributed by atoms with van der Waals surface area (Å²) in [5, 5.41) is 28.6. The first-order chi connectivity index (χ1) is 11.6. The monoisotopic (exact) mass is 326 g/mol. The van der Waals surface area contributed by atoms with E-state index in [1.54, 1.807) is 18.5 Å². The lowest BCUT2D eigenvalue weighted by Gasteiger charge is -2.33. The van der Waals surface area contributed by atoms with Crippen molar-refractivity contribution in [2.24, 2.45) is 0 Å². The maximum atomic E-state index is 11.4. The first-order valence-corrected chi connectivity index (χ1v) is 7.95. The summed E-state index contributed by atoms with van der Waals surface area (Å²) in [5.41, 5.74) is 0.836. The summed E-state index contributed by atoms with van der Waals surface area (Å²) in [5.74, 6) is 1.12. The molecule has 1 aromatic carbocycles. The number of aryl methyl sites for hydroxylation is 1. The number of nitro benzene ring substituents is 1. The van der Waals surface area contributed by atoms with Crippen molar-refractivity contribution in [3.8, 4) is 6.07 Å². The van der Waals surface area contributed by atoms with Gasteiger partial charge in [-0.3, -0.25) is 10.1 Å². The van der Waals surface area contributed by atoms with E-state index in [1.165, 1.54) is 6.07 Å². The van der Waals surface area contributed by atoms with Crippen LogP contribution in [0.3, 0.4) is 0 Å². The quantitative estimate of drug-likeness (QED) is 0.632. The van der Waals surface area contributed by atoms with E-state index < -0.39 is 4.92 Å². The number of hydrogen-bond donors (Lipinski definition) is 0. The zero-order valence-corrected chi connectivity index (χ0v) is 13.4. The van der Waals surface area contributed by atoms with Crippen molar-refractivity contribution in [2.75, 3.05) is 18.0 Å². The highest BCUT2D eigenvalue weighted by Crippen LogP contribution is 2.34. The lowest BCUT2D eigenvalue weighted by Crippen LogP contribution is -2.35. The molecule has 1 aliphatic heterocycles. The lowest BCUT2D eigenvalue weighted by molar-refractivity contribution is -0.384. The lowest BCUT2D eigenvalue weighted by atomic mass is 9.96. The zero-order valence-electron chi connectivity index (χ0n) is 13.4. The Kier molecular flexibility index (Phi) is 4.42. The third kappa shape index (κ3) is 2.93. The number of nitriles is 1. The zero-order chi connectivity index (χ0) is 17.1. The molecule has 1 unspecified atom stereocenters. The molecule has 0 N–H and O–H groups in total. The van der Waals surface area contributed by atoms with Gasteiger partial charge in [-0.2, -0.15) is 5.26 Å². The summed E-state index contributed by atoms with van der Waals surface area (Å²) in [6, 6.07) is 6.59. The van der Waals surface area contributed by atoms with Crippen LogP contribution in [0.15, 0.2) is 24.5 Å². The van der Waals surface area contributed by atoms with Gasteiger partial charge in [0.1, 0.15) is 17.8 Å². The fourth-order valence-corrected chi connectivity index (χ4v) is 3.24. The van der Waals surface area contributed by atoms with Gasteiger partial charge >= 0.3 is 0 Å². The Morgan fingerprint density at radius 3 is 3.04 bits per heavy atom. The van der Waals surface area contributed by atoms with Gasteiger partial charge in [-0.05, 0) is 31.9 Å². The number of anilines is 1. The number of benzene rings is 1. The molecule has 1 atom stereocenters. The van der Waals surface area contributed by atoms with Crippen LogP contribution in [0.4, 0.5) is 11.4 Å². The molecular formula is C16H18N6O2. The van der Waals surface area contributed by atoms with E-state index in [4.69, 9.17) is 5.26 Å². The van der Waals surface area contributed by atoms with Crippen LogP contribution in [0.1, 0.15) is 37.1 Å². The largest absolute Gasteiger partial charge is 0.365 e. The van der Waals surface area contributed by atoms with Crippen molar-refractivity contribution in [2.45, 2.75) is 32.2 Å². The Morgan fingerprint density at radius 2 is 2.33 bits per heavy atom. The summed E-state index contributed by atoms with van der Waals surface area (Å²) in [6.07, 6.45) is 3.64. The van der Waals surface area contributed by atoms with E-state index in [0.717, 1.165) is 31.8 Å². The van der Waals surface area contributed by atoms with Crippen LogP contribution in [0.2, 0.25) is 0 Å². The van der Waals surface area contributed by atoms with Crippen LogP contribution < -0.4 is 4.90 Å². The van der Waals surface area contributed by atoms with Crippen LogP contribution in [-0.4, -0.2) is 32.8 Å². The van der Waals surface area contributed by atoms with E-state index in [2.05, 4.69) is 10.2 Å². The molecule has 2 heterocycles. The van der Waals surface area contributed by atoms with Gasteiger partial charge in [0.05, 0.1) is 16.6 Å². The molecule has 3 rings (SSSR count). The number of rotatable bonds is 4. The Hall–Kier alpha value is -2.95. The summed E-state index contributed by atoms with van der Waals surface area (Å²) in [6.45, 7) is 4.25. The van der Waals surface area contributed by atoms with Crippen molar-refractivity contribution in [3.05, 3.63) is 46.0 Å². The minimum absolute atomic E-state index is 0.0216. The SMILES string of the molecule is CCn1cnnc1C1CCCN(c2ccc(C#N)cc2[N+](=O)[O-])C1. The van der Waals surface area contributed by atoms with Gasteiger partial charge in [-0.1, -0.05) is 0 Å². The topological polar surface area (TPSA) is 101 Å². The van der Waals surface area contributed by atoms with Crippen molar-refractivity contribution in [1.29, 1.82) is 5.26 Å². The molecule has 0 amide bonds. The molecule has 2 aromatic rings. The molecule has 0 radical (unpaired) electrons. The van der Waals surface area contributed by atoms with Gasteiger partial charge in [0, 0.05) is 31.6 Å². The molecule has 0 saturated carbocycles. The van der Waals surface area contributed by atoms with E-state index in [1.807, 2.05) is 22.5 Å². The van der Waals surface area contributed by atoms with Crippen molar-refractivity contribution in [3.63, 3.8) is 0 Å². The molecule has 124 valence electrons. The fraction of sp³-hybridized carbons (Fsp3) is 0.438. The highest BCUT2D eigenvalue weighted by atomic mass is 16.6. The van der Waals surface area contributed by atoms with Gasteiger partial charge in [-0.15, -0.1) is 10.2 Å². The Balaban J connectivity index is 1.90. The summed E-state index contributed by atoms with van der Waals surface area (Å²) in [7, 11) is 0. The first-order valence-electron chi connectivity index (χ1n) is 7.95. The van der Waals surface area contributed by atoms with Gasteiger partial charge in [0.15, 0.2) is 0 Å². The summed E-state index contributed by atoms with van der Waals surface area (Å²) >= 11 is 0. The second-order valence-corrected chi connectivity index (χ2v) is 5.83. The molecule has 8 heteroatoms. The molecule has 1 aliphatic rings. The second kappa shape index (κ2) is 6.66. The third-order valence-corrected chi connectivity index (χ3v) is 4.41. The Bertz CT molecular complexity index is 794. The molecule has 1 fully saturated rings. The summed E-state index contributed by atoms with van der Waals surface area (Å²) < 4.78 is 2.02. The number of nitrogens with zero attached hydrogens (tertiary/aromatic N) is 6. The number of piperidine rings is 1.